The summed E-state index contributed by atoms with van der Waals surface area (Å²) in [6.07, 6.45) is 0.702. The van der Waals surface area contributed by atoms with Gasteiger partial charge in [-0.15, -0.1) is 23.2 Å². The van der Waals surface area contributed by atoms with E-state index >= 15 is 0 Å². The van der Waals surface area contributed by atoms with Crippen molar-refractivity contribution >= 4 is 22.3 Å². The first-order valence-corrected chi connectivity index (χ1v) is 4.94. The molecule has 0 saturated carbocycles. The van der Waals surface area contributed by atoms with E-state index in [9.17, 15) is 4.79 Å². The van der Waals surface area contributed by atoms with Gasteiger partial charge in [0.05, 0.1) is 5.51 Å². The van der Waals surface area contributed by atoms with Crippen LogP contribution in [0.1, 0.15) is 23.8 Å². The Labute approximate surface area is 86.0 Å². The van der Waals surface area contributed by atoms with E-state index in [1.807, 2.05) is 0 Å². The summed E-state index contributed by atoms with van der Waals surface area (Å²) < 4.78 is 0. The van der Waals surface area contributed by atoms with Crippen molar-refractivity contribution in [2.24, 2.45) is 0 Å². The topological polar surface area (TPSA) is 62.2 Å². The maximum Gasteiger partial charge on any atom is 0.357 e. The minimum absolute atomic E-state index is 0.0828. The molecular weight excluding hydrogens is 200 g/mol. The van der Waals surface area contributed by atoms with Crippen molar-refractivity contribution in [3.63, 3.8) is 0 Å². The van der Waals surface area contributed by atoms with Crippen molar-refractivity contribution in [3.05, 3.63) is 11.2 Å². The summed E-state index contributed by atoms with van der Waals surface area (Å²) in [7, 11) is 0. The summed E-state index contributed by atoms with van der Waals surface area (Å²) in [6, 6.07) is 0. The van der Waals surface area contributed by atoms with Crippen LogP contribution in [0.3, 0.4) is 0 Å². The highest BCUT2D eigenvalue weighted by atomic mass is 32.1. The Bertz CT molecular complexity index is 376. The molecule has 0 saturated heterocycles. The largest absolute Gasteiger partial charge is 0.476 e. The maximum atomic E-state index is 10.6. The van der Waals surface area contributed by atoms with Gasteiger partial charge in [0.25, 0.3) is 0 Å². The molecule has 0 spiro atoms. The molecular formula is C9H10N2O2S. The van der Waals surface area contributed by atoms with Gasteiger partial charge in [0.1, 0.15) is 5.00 Å². The summed E-state index contributed by atoms with van der Waals surface area (Å²) in [5.74, 6) is 4.65. The fourth-order valence-corrected chi connectivity index (χ4v) is 1.59. The van der Waals surface area contributed by atoms with Gasteiger partial charge in [-0.3, -0.25) is 0 Å². The lowest BCUT2D eigenvalue weighted by Crippen LogP contribution is -2.05. The molecule has 0 fully saturated rings. The minimum Gasteiger partial charge on any atom is -0.476 e. The fraction of sp³-hybridized carbons (Fsp3) is 0.333. The van der Waals surface area contributed by atoms with Gasteiger partial charge in [0.2, 0.25) is 0 Å². The molecule has 0 aliphatic heterocycles. The van der Waals surface area contributed by atoms with E-state index in [0.717, 1.165) is 0 Å². The molecule has 0 aliphatic carbocycles. The van der Waals surface area contributed by atoms with Crippen molar-refractivity contribution in [1.29, 1.82) is 0 Å². The number of carboxylic acid groups (broad SMARTS) is 1. The molecule has 1 heterocycles. The van der Waals surface area contributed by atoms with E-state index in [4.69, 9.17) is 5.11 Å². The number of thiazole rings is 1. The number of aromatic carboxylic acids is 1. The first-order chi connectivity index (χ1) is 6.75. The normalized spacial score (nSPS) is 8.93. The monoisotopic (exact) mass is 210 g/mol. The summed E-state index contributed by atoms with van der Waals surface area (Å²) in [4.78, 5) is 14.4. The van der Waals surface area contributed by atoms with Crippen LogP contribution in [0.5, 0.6) is 0 Å². The van der Waals surface area contributed by atoms with Crippen LogP contribution in [-0.2, 0) is 0 Å². The van der Waals surface area contributed by atoms with Crippen LogP contribution in [0.4, 0.5) is 5.00 Å². The lowest BCUT2D eigenvalue weighted by Gasteiger charge is -2.00. The van der Waals surface area contributed by atoms with Crippen LogP contribution in [0.15, 0.2) is 5.51 Å². The number of nitrogens with one attached hydrogen (secondary N) is 1. The van der Waals surface area contributed by atoms with Crippen molar-refractivity contribution in [2.75, 3.05) is 11.9 Å². The zero-order valence-corrected chi connectivity index (χ0v) is 8.52. The van der Waals surface area contributed by atoms with E-state index in [0.29, 0.717) is 18.0 Å². The summed E-state index contributed by atoms with van der Waals surface area (Å²) in [6.45, 7) is 2.42. The average Bonchev–Trinajstić information content (AvgIpc) is 2.60. The molecule has 0 unspecified atom stereocenters. The zero-order chi connectivity index (χ0) is 10.4. The molecule has 0 aliphatic rings. The third kappa shape index (κ3) is 2.75. The number of aromatic nitrogens is 1. The van der Waals surface area contributed by atoms with E-state index < -0.39 is 5.97 Å². The van der Waals surface area contributed by atoms with Crippen molar-refractivity contribution < 1.29 is 9.90 Å². The third-order valence-corrected chi connectivity index (χ3v) is 2.27. The van der Waals surface area contributed by atoms with Gasteiger partial charge in [0.15, 0.2) is 5.69 Å². The molecule has 0 aromatic carbocycles. The Morgan fingerprint density at radius 2 is 2.57 bits per heavy atom. The molecule has 1 rings (SSSR count). The molecule has 14 heavy (non-hydrogen) atoms. The lowest BCUT2D eigenvalue weighted by atomic mass is 10.4. The molecule has 2 N–H and O–H groups in total. The van der Waals surface area contributed by atoms with E-state index in [2.05, 4.69) is 22.1 Å². The number of carbonyl (C=O) groups is 1. The van der Waals surface area contributed by atoms with Gasteiger partial charge in [-0.25, -0.2) is 9.78 Å². The SMILES string of the molecule is CC#CCCNc1scnc1C(=O)O. The molecule has 5 heteroatoms. The van der Waals surface area contributed by atoms with Gasteiger partial charge in [-0.05, 0) is 6.92 Å². The second-order valence-corrected chi connectivity index (χ2v) is 3.29. The second kappa shape index (κ2) is 5.25. The van der Waals surface area contributed by atoms with Crippen LogP contribution in [0.25, 0.3) is 0 Å². The van der Waals surface area contributed by atoms with Crippen molar-refractivity contribution in [2.45, 2.75) is 13.3 Å². The maximum absolute atomic E-state index is 10.6. The van der Waals surface area contributed by atoms with Crippen LogP contribution < -0.4 is 5.32 Å². The second-order valence-electron chi connectivity index (χ2n) is 2.44. The quantitative estimate of drug-likeness (QED) is 0.586. The average molecular weight is 210 g/mol. The fourth-order valence-electron chi connectivity index (χ4n) is 0.887. The van der Waals surface area contributed by atoms with Crippen LogP contribution in [0, 0.1) is 11.8 Å². The van der Waals surface area contributed by atoms with Gasteiger partial charge in [-0.2, -0.15) is 0 Å². The van der Waals surface area contributed by atoms with Gasteiger partial charge < -0.3 is 10.4 Å². The Morgan fingerprint density at radius 1 is 1.79 bits per heavy atom. The Hall–Kier alpha value is -1.54. The first-order valence-electron chi connectivity index (χ1n) is 4.06. The minimum atomic E-state index is -1.00. The highest BCUT2D eigenvalue weighted by Gasteiger charge is 2.12. The van der Waals surface area contributed by atoms with Crippen molar-refractivity contribution in [1.82, 2.24) is 4.98 Å². The van der Waals surface area contributed by atoms with Gasteiger partial charge >= 0.3 is 5.97 Å². The highest BCUT2D eigenvalue weighted by molar-refractivity contribution is 7.14. The zero-order valence-electron chi connectivity index (χ0n) is 7.70. The van der Waals surface area contributed by atoms with E-state index in [-0.39, 0.29) is 5.69 Å². The number of hydrogen-bond donors (Lipinski definition) is 2. The molecule has 0 bridgehead atoms. The number of nitrogens with zero attached hydrogens (tertiary/aromatic N) is 1. The molecule has 0 radical (unpaired) electrons. The Balaban J connectivity index is 2.52. The van der Waals surface area contributed by atoms with Crippen molar-refractivity contribution in [3.8, 4) is 11.8 Å². The summed E-state index contributed by atoms with van der Waals surface area (Å²) in [5.41, 5.74) is 1.59. The van der Waals surface area contributed by atoms with Crippen LogP contribution in [0.2, 0.25) is 0 Å². The standard InChI is InChI=1S/C9H10N2O2S/c1-2-3-4-5-10-8-7(9(12)13)11-6-14-8/h6,10H,4-5H2,1H3,(H,12,13). The summed E-state index contributed by atoms with van der Waals surface area (Å²) >= 11 is 1.28. The Morgan fingerprint density at radius 3 is 3.21 bits per heavy atom. The number of hydrogen-bond acceptors (Lipinski definition) is 4. The molecule has 4 nitrogen and oxygen atoms in total. The predicted molar refractivity (Wildman–Crippen MR) is 55.6 cm³/mol. The van der Waals surface area contributed by atoms with Crippen LogP contribution >= 0.6 is 11.3 Å². The molecule has 1 aromatic rings. The van der Waals surface area contributed by atoms with Gasteiger partial charge in [0, 0.05) is 13.0 Å². The smallest absolute Gasteiger partial charge is 0.357 e. The number of anilines is 1. The lowest BCUT2D eigenvalue weighted by molar-refractivity contribution is 0.0692. The van der Waals surface area contributed by atoms with Crippen LogP contribution in [-0.4, -0.2) is 22.6 Å². The number of carboxylic acids is 1. The molecule has 0 amide bonds. The third-order valence-electron chi connectivity index (χ3n) is 1.48. The predicted octanol–water partition coefficient (Wildman–Crippen LogP) is 1.67. The first kappa shape index (κ1) is 10.5. The summed E-state index contributed by atoms with van der Waals surface area (Å²) in [5, 5.41) is 12.3. The number of rotatable bonds is 4. The highest BCUT2D eigenvalue weighted by Crippen LogP contribution is 2.19. The molecule has 1 aromatic heterocycles. The molecule has 0 atom stereocenters. The Kier molecular flexibility index (Phi) is 3.95. The van der Waals surface area contributed by atoms with Gasteiger partial charge in [-0.1, -0.05) is 0 Å². The van der Waals surface area contributed by atoms with E-state index in [1.165, 1.54) is 16.8 Å². The molecule has 74 valence electrons. The van der Waals surface area contributed by atoms with E-state index in [1.54, 1.807) is 6.92 Å².